The number of aromatic nitrogens is 2. The average Bonchev–Trinajstić information content (AvgIpc) is 3.01. The quantitative estimate of drug-likeness (QED) is 0.886. The van der Waals surface area contributed by atoms with Crippen LogP contribution in [-0.4, -0.2) is 28.1 Å². The summed E-state index contributed by atoms with van der Waals surface area (Å²) in [6, 6.07) is 6.24. The molecule has 0 atom stereocenters. The molecule has 2 N–H and O–H groups in total. The number of thiophene rings is 1. The van der Waals surface area contributed by atoms with Gasteiger partial charge in [0.2, 0.25) is 0 Å². The van der Waals surface area contributed by atoms with Crippen LogP contribution in [0.3, 0.4) is 0 Å². The minimum atomic E-state index is -0.139. The van der Waals surface area contributed by atoms with E-state index in [4.69, 9.17) is 4.74 Å². The number of carbonyl (C=O) groups excluding carboxylic acids is 1. The van der Waals surface area contributed by atoms with E-state index in [9.17, 15) is 4.79 Å². The molecule has 2 aromatic heterocycles. The van der Waals surface area contributed by atoms with Gasteiger partial charge in [-0.15, -0.1) is 11.3 Å². The van der Waals surface area contributed by atoms with Gasteiger partial charge >= 0.3 is 12.0 Å². The highest BCUT2D eigenvalue weighted by Crippen LogP contribution is 2.23. The van der Waals surface area contributed by atoms with Gasteiger partial charge in [-0.05, 0) is 63.1 Å². The zero-order valence-corrected chi connectivity index (χ0v) is 14.7. The van der Waals surface area contributed by atoms with Crippen LogP contribution in [0.1, 0.15) is 37.1 Å². The average molecular weight is 346 g/mol. The van der Waals surface area contributed by atoms with Gasteiger partial charge in [-0.1, -0.05) is 0 Å². The number of rotatable bonds is 4. The maximum absolute atomic E-state index is 12.0. The Kier molecular flexibility index (Phi) is 5.30. The van der Waals surface area contributed by atoms with Gasteiger partial charge < -0.3 is 10.1 Å². The Bertz CT molecular complexity index is 662. The first kappa shape index (κ1) is 16.7. The number of hydrogen-bond donors (Lipinski definition) is 2. The molecular weight excluding hydrogens is 324 g/mol. The summed E-state index contributed by atoms with van der Waals surface area (Å²) < 4.78 is 5.91. The van der Waals surface area contributed by atoms with Gasteiger partial charge in [0.1, 0.15) is 6.10 Å². The Labute approximate surface area is 145 Å². The predicted octanol–water partition coefficient (Wildman–Crippen LogP) is 3.67. The van der Waals surface area contributed by atoms with E-state index in [-0.39, 0.29) is 18.2 Å². The SMILES string of the molecule is Cc1cc(C)nc(OC2CCC(NC(=O)Nc3cccs3)CC2)n1. The van der Waals surface area contributed by atoms with E-state index >= 15 is 0 Å². The highest BCUT2D eigenvalue weighted by molar-refractivity contribution is 7.14. The topological polar surface area (TPSA) is 76.1 Å². The Balaban J connectivity index is 1.44. The second-order valence-electron chi connectivity index (χ2n) is 6.10. The summed E-state index contributed by atoms with van der Waals surface area (Å²) in [5, 5.41) is 8.68. The predicted molar refractivity (Wildman–Crippen MR) is 94.7 cm³/mol. The van der Waals surface area contributed by atoms with Crippen molar-refractivity contribution in [3.05, 3.63) is 35.0 Å². The molecule has 0 aliphatic heterocycles. The number of hydrogen-bond acceptors (Lipinski definition) is 5. The maximum Gasteiger partial charge on any atom is 0.320 e. The minimum Gasteiger partial charge on any atom is -0.460 e. The number of nitrogens with one attached hydrogen (secondary N) is 2. The van der Waals surface area contributed by atoms with Crippen molar-refractivity contribution in [2.75, 3.05) is 5.32 Å². The molecule has 7 heteroatoms. The number of ether oxygens (including phenoxy) is 1. The fourth-order valence-electron chi connectivity index (χ4n) is 2.90. The first-order chi connectivity index (χ1) is 11.6. The van der Waals surface area contributed by atoms with Gasteiger partial charge in [-0.3, -0.25) is 5.32 Å². The lowest BCUT2D eigenvalue weighted by molar-refractivity contribution is 0.129. The Morgan fingerprint density at radius 3 is 2.54 bits per heavy atom. The molecule has 0 radical (unpaired) electrons. The number of carbonyl (C=O) groups is 1. The Morgan fingerprint density at radius 1 is 1.21 bits per heavy atom. The van der Waals surface area contributed by atoms with Gasteiger partial charge in [-0.2, -0.15) is 0 Å². The summed E-state index contributed by atoms with van der Waals surface area (Å²) in [7, 11) is 0. The van der Waals surface area contributed by atoms with Crippen LogP contribution in [0.15, 0.2) is 23.6 Å². The first-order valence-corrected chi connectivity index (χ1v) is 9.06. The summed E-state index contributed by atoms with van der Waals surface area (Å²) in [6.07, 6.45) is 3.69. The number of aryl methyl sites for hydroxylation is 2. The third-order valence-corrected chi connectivity index (χ3v) is 4.79. The zero-order valence-electron chi connectivity index (χ0n) is 13.9. The molecule has 0 unspecified atom stereocenters. The lowest BCUT2D eigenvalue weighted by Crippen LogP contribution is -2.41. The molecule has 3 rings (SSSR count). The van der Waals surface area contributed by atoms with Gasteiger partial charge in [-0.25, -0.2) is 14.8 Å². The summed E-state index contributed by atoms with van der Waals surface area (Å²) >= 11 is 1.51. The standard InChI is InChI=1S/C17H22N4O2S/c1-11-10-12(2)19-17(18-11)23-14-7-5-13(6-8-14)20-16(22)21-15-4-3-9-24-15/h3-4,9-10,13-14H,5-8H2,1-2H3,(H2,20,21,22). The number of amides is 2. The van der Waals surface area contributed by atoms with Crippen molar-refractivity contribution < 1.29 is 9.53 Å². The number of anilines is 1. The van der Waals surface area contributed by atoms with E-state index in [2.05, 4.69) is 20.6 Å². The Hall–Kier alpha value is -2.15. The molecule has 0 saturated heterocycles. The highest BCUT2D eigenvalue weighted by atomic mass is 32.1. The van der Waals surface area contributed by atoms with Crippen LogP contribution in [0.25, 0.3) is 0 Å². The maximum atomic E-state index is 12.0. The van der Waals surface area contributed by atoms with Crippen LogP contribution in [0.2, 0.25) is 0 Å². The molecule has 128 valence electrons. The molecule has 2 aromatic rings. The van der Waals surface area contributed by atoms with Crippen molar-refractivity contribution in [2.24, 2.45) is 0 Å². The van der Waals surface area contributed by atoms with Gasteiger partial charge in [0.05, 0.1) is 5.00 Å². The Morgan fingerprint density at radius 2 is 1.92 bits per heavy atom. The second-order valence-corrected chi connectivity index (χ2v) is 7.05. The molecule has 2 amide bonds. The van der Waals surface area contributed by atoms with Gasteiger partial charge in [0, 0.05) is 17.4 Å². The monoisotopic (exact) mass is 346 g/mol. The first-order valence-electron chi connectivity index (χ1n) is 8.18. The molecule has 0 aromatic carbocycles. The molecule has 1 fully saturated rings. The third kappa shape index (κ3) is 4.67. The van der Waals surface area contributed by atoms with Crippen LogP contribution in [0, 0.1) is 13.8 Å². The molecule has 0 bridgehead atoms. The van der Waals surface area contributed by atoms with Gasteiger partial charge in [0.25, 0.3) is 0 Å². The van der Waals surface area contributed by atoms with E-state index in [0.29, 0.717) is 6.01 Å². The summed E-state index contributed by atoms with van der Waals surface area (Å²) in [6.45, 7) is 3.88. The molecule has 24 heavy (non-hydrogen) atoms. The lowest BCUT2D eigenvalue weighted by Gasteiger charge is -2.28. The van der Waals surface area contributed by atoms with E-state index in [0.717, 1.165) is 42.1 Å². The normalized spacial score (nSPS) is 20.4. The van der Waals surface area contributed by atoms with Crippen molar-refractivity contribution >= 4 is 22.4 Å². The van der Waals surface area contributed by atoms with E-state index in [1.165, 1.54) is 11.3 Å². The van der Waals surface area contributed by atoms with Crippen LogP contribution in [0.4, 0.5) is 9.80 Å². The number of urea groups is 1. The van der Waals surface area contributed by atoms with Crippen molar-refractivity contribution in [3.63, 3.8) is 0 Å². The number of nitrogens with zero attached hydrogens (tertiary/aromatic N) is 2. The van der Waals surface area contributed by atoms with Crippen LogP contribution >= 0.6 is 11.3 Å². The second kappa shape index (κ2) is 7.61. The van der Waals surface area contributed by atoms with Crippen LogP contribution in [-0.2, 0) is 0 Å². The van der Waals surface area contributed by atoms with Crippen molar-refractivity contribution in [3.8, 4) is 6.01 Å². The van der Waals surface area contributed by atoms with E-state index in [1.807, 2.05) is 37.4 Å². The fraction of sp³-hybridized carbons (Fsp3) is 0.471. The van der Waals surface area contributed by atoms with Crippen molar-refractivity contribution in [1.82, 2.24) is 15.3 Å². The van der Waals surface area contributed by atoms with Crippen molar-refractivity contribution in [2.45, 2.75) is 51.7 Å². The summed E-state index contributed by atoms with van der Waals surface area (Å²) in [4.78, 5) is 20.6. The molecule has 1 aliphatic rings. The van der Waals surface area contributed by atoms with Crippen LogP contribution in [0.5, 0.6) is 6.01 Å². The lowest BCUT2D eigenvalue weighted by atomic mass is 9.93. The van der Waals surface area contributed by atoms with E-state index < -0.39 is 0 Å². The zero-order chi connectivity index (χ0) is 16.9. The molecule has 1 aliphatic carbocycles. The third-order valence-electron chi connectivity index (χ3n) is 4.00. The smallest absolute Gasteiger partial charge is 0.320 e. The van der Waals surface area contributed by atoms with Crippen LogP contribution < -0.4 is 15.4 Å². The molecular formula is C17H22N4O2S. The minimum absolute atomic E-state index is 0.115. The fourth-order valence-corrected chi connectivity index (χ4v) is 3.52. The molecule has 1 saturated carbocycles. The molecule has 2 heterocycles. The highest BCUT2D eigenvalue weighted by Gasteiger charge is 2.24. The summed E-state index contributed by atoms with van der Waals surface area (Å²) in [5.41, 5.74) is 1.83. The molecule has 6 nitrogen and oxygen atoms in total. The summed E-state index contributed by atoms with van der Waals surface area (Å²) in [5.74, 6) is 0. The van der Waals surface area contributed by atoms with Gasteiger partial charge in [0.15, 0.2) is 0 Å². The van der Waals surface area contributed by atoms with Crippen molar-refractivity contribution in [1.29, 1.82) is 0 Å². The van der Waals surface area contributed by atoms with E-state index in [1.54, 1.807) is 0 Å². The largest absolute Gasteiger partial charge is 0.460 e. The molecule has 0 spiro atoms.